The fraction of sp³-hybridized carbons (Fsp3) is 0.308. The van der Waals surface area contributed by atoms with Crippen LogP contribution in [0.4, 0.5) is 0 Å². The maximum Gasteiger partial charge on any atom is 0.0717 e. The molecule has 0 bridgehead atoms. The van der Waals surface area contributed by atoms with Crippen molar-refractivity contribution in [2.24, 2.45) is 0 Å². The molecule has 0 saturated heterocycles. The van der Waals surface area contributed by atoms with E-state index in [1.54, 1.807) is 0 Å². The van der Waals surface area contributed by atoms with Gasteiger partial charge in [0.15, 0.2) is 0 Å². The van der Waals surface area contributed by atoms with Crippen molar-refractivity contribution in [3.8, 4) is 0 Å². The number of nitrogens with zero attached hydrogens (tertiary/aromatic N) is 1. The lowest BCUT2D eigenvalue weighted by Crippen LogP contribution is -1.94. The van der Waals surface area contributed by atoms with Gasteiger partial charge in [0.2, 0.25) is 0 Å². The summed E-state index contributed by atoms with van der Waals surface area (Å²) in [6.07, 6.45) is 4.75. The number of hydrogen-bond donors (Lipinski definition) is 0. The Hall–Kier alpha value is -0.930. The average molecular weight is 280 g/mol. The highest BCUT2D eigenvalue weighted by molar-refractivity contribution is 9.10. The first-order chi connectivity index (χ1) is 7.81. The van der Waals surface area contributed by atoms with Crippen molar-refractivity contribution in [1.29, 1.82) is 0 Å². The van der Waals surface area contributed by atoms with Crippen molar-refractivity contribution in [3.63, 3.8) is 0 Å². The van der Waals surface area contributed by atoms with E-state index in [4.69, 9.17) is 4.74 Å². The van der Waals surface area contributed by atoms with Crippen molar-refractivity contribution in [1.82, 2.24) is 4.98 Å². The summed E-state index contributed by atoms with van der Waals surface area (Å²) in [4.78, 5) is 4.14. The van der Waals surface area contributed by atoms with Crippen molar-refractivity contribution in [3.05, 3.63) is 40.6 Å². The minimum Gasteiger partial charge on any atom is -0.377 e. The molecule has 0 aliphatic heterocycles. The van der Waals surface area contributed by atoms with E-state index in [-0.39, 0.29) is 0 Å². The number of rotatable bonds is 4. The van der Waals surface area contributed by atoms with Gasteiger partial charge in [-0.15, -0.1) is 0 Å². The van der Waals surface area contributed by atoms with Gasteiger partial charge in [0.05, 0.1) is 6.61 Å². The molecule has 0 spiro atoms. The summed E-state index contributed by atoms with van der Waals surface area (Å²) in [5.41, 5.74) is 1.20. The van der Waals surface area contributed by atoms with Crippen LogP contribution in [0.25, 0.3) is 10.8 Å². The van der Waals surface area contributed by atoms with Crippen LogP contribution >= 0.6 is 15.9 Å². The van der Waals surface area contributed by atoms with Crippen LogP contribution in [-0.2, 0) is 11.3 Å². The van der Waals surface area contributed by atoms with Crippen LogP contribution in [-0.4, -0.2) is 11.6 Å². The first-order valence-electron chi connectivity index (χ1n) is 5.41. The van der Waals surface area contributed by atoms with Crippen LogP contribution in [0.3, 0.4) is 0 Å². The highest BCUT2D eigenvalue weighted by atomic mass is 79.9. The number of halogens is 1. The average Bonchev–Trinajstić information content (AvgIpc) is 2.30. The molecule has 0 saturated carbocycles. The van der Waals surface area contributed by atoms with E-state index in [1.165, 1.54) is 10.9 Å². The lowest BCUT2D eigenvalue weighted by Gasteiger charge is -2.05. The van der Waals surface area contributed by atoms with Gasteiger partial charge in [-0.2, -0.15) is 0 Å². The van der Waals surface area contributed by atoms with Gasteiger partial charge in [-0.3, -0.25) is 4.98 Å². The normalized spacial score (nSPS) is 10.9. The lowest BCUT2D eigenvalue weighted by molar-refractivity contribution is 0.121. The van der Waals surface area contributed by atoms with Crippen LogP contribution in [0, 0.1) is 0 Å². The van der Waals surface area contributed by atoms with E-state index in [0.29, 0.717) is 6.61 Å². The molecule has 0 aliphatic carbocycles. The molecule has 1 aromatic heterocycles. The van der Waals surface area contributed by atoms with Gasteiger partial charge in [-0.05, 0) is 39.4 Å². The molecule has 2 nitrogen and oxygen atoms in total. The summed E-state index contributed by atoms with van der Waals surface area (Å²) in [6.45, 7) is 3.61. The lowest BCUT2D eigenvalue weighted by atomic mass is 10.1. The summed E-state index contributed by atoms with van der Waals surface area (Å²) in [5.74, 6) is 0. The van der Waals surface area contributed by atoms with E-state index in [0.717, 1.165) is 22.9 Å². The predicted octanol–water partition coefficient (Wildman–Crippen LogP) is 3.92. The van der Waals surface area contributed by atoms with Crippen LogP contribution in [0.2, 0.25) is 0 Å². The standard InChI is InChI=1S/C13H14BrNO/c1-2-5-16-9-10-3-4-11-7-15-8-13(14)12(11)6-10/h3-4,6-8H,2,5,9H2,1H3. The van der Waals surface area contributed by atoms with Crippen molar-refractivity contribution in [2.45, 2.75) is 20.0 Å². The molecule has 2 aromatic rings. The zero-order valence-corrected chi connectivity index (χ0v) is 10.8. The smallest absolute Gasteiger partial charge is 0.0717 e. The number of ether oxygens (including phenoxy) is 1. The van der Waals surface area contributed by atoms with Gasteiger partial charge in [0.1, 0.15) is 0 Å². The maximum absolute atomic E-state index is 5.53. The summed E-state index contributed by atoms with van der Waals surface area (Å²) >= 11 is 3.51. The Balaban J connectivity index is 2.25. The van der Waals surface area contributed by atoms with Crippen LogP contribution < -0.4 is 0 Å². The molecule has 84 valence electrons. The third-order valence-electron chi connectivity index (χ3n) is 2.39. The van der Waals surface area contributed by atoms with Gasteiger partial charge in [0, 0.05) is 28.9 Å². The molecule has 16 heavy (non-hydrogen) atoms. The first-order valence-corrected chi connectivity index (χ1v) is 6.20. The van der Waals surface area contributed by atoms with Crippen LogP contribution in [0.5, 0.6) is 0 Å². The molecule has 0 fully saturated rings. The molecule has 0 atom stereocenters. The molecular weight excluding hydrogens is 266 g/mol. The van der Waals surface area contributed by atoms with E-state index >= 15 is 0 Å². The number of aromatic nitrogens is 1. The van der Waals surface area contributed by atoms with Gasteiger partial charge >= 0.3 is 0 Å². The predicted molar refractivity (Wildman–Crippen MR) is 69.4 cm³/mol. The summed E-state index contributed by atoms with van der Waals surface area (Å²) in [5, 5.41) is 2.33. The third kappa shape index (κ3) is 2.60. The maximum atomic E-state index is 5.53. The molecule has 1 heterocycles. The topological polar surface area (TPSA) is 22.1 Å². The highest BCUT2D eigenvalue weighted by Gasteiger charge is 2.00. The minimum atomic E-state index is 0.679. The quantitative estimate of drug-likeness (QED) is 0.792. The summed E-state index contributed by atoms with van der Waals surface area (Å²) in [6, 6.07) is 6.32. The molecule has 0 radical (unpaired) electrons. The number of hydrogen-bond acceptors (Lipinski definition) is 2. The Bertz CT molecular complexity index is 484. The summed E-state index contributed by atoms with van der Waals surface area (Å²) in [7, 11) is 0. The molecule has 1 aromatic carbocycles. The number of pyridine rings is 1. The molecule has 0 N–H and O–H groups in total. The van der Waals surface area contributed by atoms with Gasteiger partial charge in [-0.1, -0.05) is 19.1 Å². The van der Waals surface area contributed by atoms with Crippen molar-refractivity contribution < 1.29 is 4.74 Å². The number of fused-ring (bicyclic) bond motifs is 1. The van der Waals surface area contributed by atoms with Crippen LogP contribution in [0.15, 0.2) is 35.1 Å². The minimum absolute atomic E-state index is 0.679. The molecule has 0 aliphatic rings. The molecule has 0 unspecified atom stereocenters. The van der Waals surface area contributed by atoms with Gasteiger partial charge in [-0.25, -0.2) is 0 Å². The first kappa shape index (κ1) is 11.6. The molecule has 2 rings (SSSR count). The third-order valence-corrected chi connectivity index (χ3v) is 3.03. The second kappa shape index (κ2) is 5.41. The Kier molecular flexibility index (Phi) is 3.91. The highest BCUT2D eigenvalue weighted by Crippen LogP contribution is 2.23. The zero-order valence-electron chi connectivity index (χ0n) is 9.24. The fourth-order valence-electron chi connectivity index (χ4n) is 1.60. The fourth-order valence-corrected chi connectivity index (χ4v) is 2.06. The van der Waals surface area contributed by atoms with E-state index in [9.17, 15) is 0 Å². The largest absolute Gasteiger partial charge is 0.377 e. The van der Waals surface area contributed by atoms with Gasteiger partial charge < -0.3 is 4.74 Å². The second-order valence-electron chi connectivity index (χ2n) is 3.73. The second-order valence-corrected chi connectivity index (χ2v) is 4.58. The molecule has 0 amide bonds. The monoisotopic (exact) mass is 279 g/mol. The van der Waals surface area contributed by atoms with Crippen molar-refractivity contribution in [2.75, 3.05) is 6.61 Å². The van der Waals surface area contributed by atoms with E-state index in [2.05, 4.69) is 46.0 Å². The Morgan fingerprint density at radius 2 is 2.19 bits per heavy atom. The zero-order chi connectivity index (χ0) is 11.4. The molecular formula is C13H14BrNO. The summed E-state index contributed by atoms with van der Waals surface area (Å²) < 4.78 is 6.56. The number of benzene rings is 1. The Morgan fingerprint density at radius 3 is 3.00 bits per heavy atom. The Labute approximate surface area is 104 Å². The van der Waals surface area contributed by atoms with Crippen LogP contribution in [0.1, 0.15) is 18.9 Å². The van der Waals surface area contributed by atoms with Gasteiger partial charge in [0.25, 0.3) is 0 Å². The Morgan fingerprint density at radius 1 is 1.31 bits per heavy atom. The molecule has 3 heteroatoms. The van der Waals surface area contributed by atoms with Crippen molar-refractivity contribution >= 4 is 26.7 Å². The van der Waals surface area contributed by atoms with E-state index in [1.807, 2.05) is 12.4 Å². The SMILES string of the molecule is CCCOCc1ccc2cncc(Br)c2c1. The van der Waals surface area contributed by atoms with E-state index < -0.39 is 0 Å².